The molecule has 1 heterocycles. The first-order valence-electron chi connectivity index (χ1n) is 10.9. The number of anilines is 2. The minimum absolute atomic E-state index is 0.156. The third-order valence-corrected chi connectivity index (χ3v) is 5.58. The molecule has 7 nitrogen and oxygen atoms in total. The highest BCUT2D eigenvalue weighted by Gasteiger charge is 2.24. The number of halogens is 1. The highest BCUT2D eigenvalue weighted by molar-refractivity contribution is 6.08. The van der Waals surface area contributed by atoms with E-state index in [2.05, 4.69) is 5.32 Å². The minimum atomic E-state index is -0.706. The standard InChI is InChI=1S/C26H24FN3O4/c27-21-11-5-7-13-23(21)29-14-16-30(17-15-29)24(31)18-34-26(33)20-10-4-6-12-22(20)28-25(32)19-8-2-1-3-9-19/h1-13H,14-18H2,(H,28,32). The number of rotatable bonds is 6. The summed E-state index contributed by atoms with van der Waals surface area (Å²) < 4.78 is 19.2. The molecule has 3 aromatic rings. The number of benzene rings is 3. The van der Waals surface area contributed by atoms with Gasteiger partial charge in [0.2, 0.25) is 0 Å². The van der Waals surface area contributed by atoms with Crippen LogP contribution in [-0.4, -0.2) is 55.5 Å². The molecule has 0 spiro atoms. The number of piperazine rings is 1. The van der Waals surface area contributed by atoms with Gasteiger partial charge in [-0.15, -0.1) is 0 Å². The van der Waals surface area contributed by atoms with Crippen molar-refractivity contribution in [2.45, 2.75) is 0 Å². The maximum absolute atomic E-state index is 14.0. The number of hydrogen-bond donors (Lipinski definition) is 1. The van der Waals surface area contributed by atoms with Gasteiger partial charge in [-0.1, -0.05) is 42.5 Å². The van der Waals surface area contributed by atoms with Crippen LogP contribution in [0.25, 0.3) is 0 Å². The van der Waals surface area contributed by atoms with Crippen LogP contribution in [-0.2, 0) is 9.53 Å². The number of nitrogens with one attached hydrogen (secondary N) is 1. The minimum Gasteiger partial charge on any atom is -0.452 e. The fourth-order valence-electron chi connectivity index (χ4n) is 3.76. The van der Waals surface area contributed by atoms with Gasteiger partial charge in [0.15, 0.2) is 6.61 Å². The molecule has 0 aromatic heterocycles. The average molecular weight is 461 g/mol. The quantitative estimate of drug-likeness (QED) is 0.568. The highest BCUT2D eigenvalue weighted by atomic mass is 19.1. The molecular formula is C26H24FN3O4. The van der Waals surface area contributed by atoms with E-state index in [1.54, 1.807) is 71.6 Å². The second-order valence-electron chi connectivity index (χ2n) is 7.76. The fraction of sp³-hybridized carbons (Fsp3) is 0.192. The van der Waals surface area contributed by atoms with E-state index in [1.165, 1.54) is 12.1 Å². The Morgan fingerprint density at radius 1 is 0.824 bits per heavy atom. The molecule has 3 aromatic carbocycles. The number of nitrogens with zero attached hydrogens (tertiary/aromatic N) is 2. The molecule has 8 heteroatoms. The van der Waals surface area contributed by atoms with E-state index in [-0.39, 0.29) is 23.2 Å². The lowest BCUT2D eigenvalue weighted by Crippen LogP contribution is -2.50. The zero-order valence-corrected chi connectivity index (χ0v) is 18.4. The number of carbonyl (C=O) groups is 3. The molecule has 4 rings (SSSR count). The normalized spacial score (nSPS) is 13.3. The predicted octanol–water partition coefficient (Wildman–Crippen LogP) is 3.58. The first kappa shape index (κ1) is 23.0. The lowest BCUT2D eigenvalue weighted by Gasteiger charge is -2.36. The summed E-state index contributed by atoms with van der Waals surface area (Å²) in [5, 5.41) is 2.71. The summed E-state index contributed by atoms with van der Waals surface area (Å²) >= 11 is 0. The molecule has 0 radical (unpaired) electrons. The summed E-state index contributed by atoms with van der Waals surface area (Å²) in [4.78, 5) is 41.2. The van der Waals surface area contributed by atoms with Crippen molar-refractivity contribution in [3.63, 3.8) is 0 Å². The van der Waals surface area contributed by atoms with Crippen LogP contribution in [0.4, 0.5) is 15.8 Å². The van der Waals surface area contributed by atoms with Crippen LogP contribution in [0.2, 0.25) is 0 Å². The van der Waals surface area contributed by atoms with E-state index in [0.717, 1.165) is 0 Å². The summed E-state index contributed by atoms with van der Waals surface area (Å²) in [7, 11) is 0. The second kappa shape index (κ2) is 10.6. The number of esters is 1. The van der Waals surface area contributed by atoms with Gasteiger partial charge in [-0.2, -0.15) is 0 Å². The summed E-state index contributed by atoms with van der Waals surface area (Å²) in [5.41, 5.74) is 1.42. The van der Waals surface area contributed by atoms with E-state index in [4.69, 9.17) is 4.74 Å². The van der Waals surface area contributed by atoms with Crippen molar-refractivity contribution in [1.82, 2.24) is 4.90 Å². The molecule has 1 aliphatic heterocycles. The van der Waals surface area contributed by atoms with Crippen molar-refractivity contribution in [1.29, 1.82) is 0 Å². The van der Waals surface area contributed by atoms with Gasteiger partial charge in [-0.25, -0.2) is 9.18 Å². The van der Waals surface area contributed by atoms with E-state index >= 15 is 0 Å². The zero-order chi connectivity index (χ0) is 23.9. The number of amides is 2. The molecule has 2 amide bonds. The molecule has 1 saturated heterocycles. The van der Waals surface area contributed by atoms with Crippen molar-refractivity contribution in [3.05, 3.63) is 95.8 Å². The maximum Gasteiger partial charge on any atom is 0.340 e. The molecule has 0 aliphatic carbocycles. The Morgan fingerprint density at radius 2 is 1.47 bits per heavy atom. The zero-order valence-electron chi connectivity index (χ0n) is 18.4. The van der Waals surface area contributed by atoms with Gasteiger partial charge >= 0.3 is 5.97 Å². The second-order valence-corrected chi connectivity index (χ2v) is 7.76. The van der Waals surface area contributed by atoms with Crippen molar-refractivity contribution < 1.29 is 23.5 Å². The van der Waals surface area contributed by atoms with E-state index in [0.29, 0.717) is 43.1 Å². The first-order chi connectivity index (χ1) is 16.5. The lowest BCUT2D eigenvalue weighted by molar-refractivity contribution is -0.134. The predicted molar refractivity (Wildman–Crippen MR) is 126 cm³/mol. The van der Waals surface area contributed by atoms with Gasteiger partial charge in [0, 0.05) is 31.7 Å². The van der Waals surface area contributed by atoms with E-state index < -0.39 is 12.6 Å². The van der Waals surface area contributed by atoms with Gasteiger partial charge in [-0.05, 0) is 36.4 Å². The number of carbonyl (C=O) groups excluding carboxylic acids is 3. The summed E-state index contributed by atoms with van der Waals surface area (Å²) in [6, 6.07) is 21.6. The van der Waals surface area contributed by atoms with Crippen molar-refractivity contribution >= 4 is 29.2 Å². The van der Waals surface area contributed by atoms with Crippen molar-refractivity contribution in [3.8, 4) is 0 Å². The SMILES string of the molecule is O=C(Nc1ccccc1C(=O)OCC(=O)N1CCN(c2ccccc2F)CC1)c1ccccc1. The Hall–Kier alpha value is -4.20. The van der Waals surface area contributed by atoms with Crippen LogP contribution in [0, 0.1) is 5.82 Å². The third kappa shape index (κ3) is 5.40. The number of para-hydroxylation sites is 2. The summed E-state index contributed by atoms with van der Waals surface area (Å²) in [5.74, 6) is -1.69. The van der Waals surface area contributed by atoms with Crippen LogP contribution in [0.15, 0.2) is 78.9 Å². The van der Waals surface area contributed by atoms with E-state index in [9.17, 15) is 18.8 Å². The molecular weight excluding hydrogens is 437 g/mol. The van der Waals surface area contributed by atoms with Crippen LogP contribution in [0.5, 0.6) is 0 Å². The average Bonchev–Trinajstić information content (AvgIpc) is 2.88. The van der Waals surface area contributed by atoms with Crippen LogP contribution in [0.1, 0.15) is 20.7 Å². The Labute approximate surface area is 196 Å². The Kier molecular flexibility index (Phi) is 7.17. The van der Waals surface area contributed by atoms with E-state index in [1.807, 2.05) is 4.90 Å². The largest absolute Gasteiger partial charge is 0.452 e. The molecule has 0 saturated carbocycles. The van der Waals surface area contributed by atoms with Gasteiger partial charge < -0.3 is 19.9 Å². The van der Waals surface area contributed by atoms with Crippen LogP contribution >= 0.6 is 0 Å². The molecule has 34 heavy (non-hydrogen) atoms. The van der Waals surface area contributed by atoms with Gasteiger partial charge in [0.1, 0.15) is 5.82 Å². The molecule has 174 valence electrons. The van der Waals surface area contributed by atoms with Gasteiger partial charge in [0.05, 0.1) is 16.9 Å². The smallest absolute Gasteiger partial charge is 0.340 e. The summed E-state index contributed by atoms with van der Waals surface area (Å²) in [6.45, 7) is 1.34. The lowest BCUT2D eigenvalue weighted by atomic mass is 10.1. The van der Waals surface area contributed by atoms with Crippen molar-refractivity contribution in [2.75, 3.05) is 43.0 Å². The van der Waals surface area contributed by atoms with Crippen LogP contribution < -0.4 is 10.2 Å². The fourth-order valence-corrected chi connectivity index (χ4v) is 3.76. The van der Waals surface area contributed by atoms with Crippen LogP contribution in [0.3, 0.4) is 0 Å². The monoisotopic (exact) mass is 461 g/mol. The molecule has 0 unspecified atom stereocenters. The molecule has 0 bridgehead atoms. The highest BCUT2D eigenvalue weighted by Crippen LogP contribution is 2.21. The first-order valence-corrected chi connectivity index (χ1v) is 10.9. The Morgan fingerprint density at radius 3 is 2.21 bits per heavy atom. The Bertz CT molecular complexity index is 1180. The van der Waals surface area contributed by atoms with Crippen molar-refractivity contribution in [2.24, 2.45) is 0 Å². The number of hydrogen-bond acceptors (Lipinski definition) is 5. The molecule has 1 aliphatic rings. The molecule has 0 atom stereocenters. The maximum atomic E-state index is 14.0. The van der Waals surface area contributed by atoms with Gasteiger partial charge in [-0.3, -0.25) is 9.59 Å². The summed E-state index contributed by atoms with van der Waals surface area (Å²) in [6.07, 6.45) is 0. The molecule has 1 N–H and O–H groups in total. The topological polar surface area (TPSA) is 78.9 Å². The third-order valence-electron chi connectivity index (χ3n) is 5.58. The molecule has 1 fully saturated rings. The Balaban J connectivity index is 1.31. The number of ether oxygens (including phenoxy) is 1. The van der Waals surface area contributed by atoms with Gasteiger partial charge in [0.25, 0.3) is 11.8 Å².